The van der Waals surface area contributed by atoms with Gasteiger partial charge in [0.2, 0.25) is 5.95 Å². The molecular weight excluding hydrogens is 304 g/mol. The van der Waals surface area contributed by atoms with E-state index in [-0.39, 0.29) is 0 Å². The molecule has 0 fully saturated rings. The van der Waals surface area contributed by atoms with Crippen molar-refractivity contribution in [2.45, 2.75) is 26.2 Å². The lowest BCUT2D eigenvalue weighted by Crippen LogP contribution is -2.00. The number of benzene rings is 1. The maximum Gasteiger partial charge on any atom is 0.230 e. The molecule has 1 aromatic heterocycles. The number of nitrogens with zero attached hydrogens (tertiary/aromatic N) is 2. The number of anilines is 3. The van der Waals surface area contributed by atoms with Crippen molar-refractivity contribution in [2.24, 2.45) is 0 Å². The predicted molar refractivity (Wildman–Crippen MR) is 82.5 cm³/mol. The lowest BCUT2D eigenvalue weighted by molar-refractivity contribution is 0.795. The third-order valence-electron chi connectivity index (χ3n) is 2.74. The normalized spacial score (nSPS) is 10.4. The molecule has 0 aliphatic rings. The van der Waals surface area contributed by atoms with Gasteiger partial charge in [-0.15, -0.1) is 0 Å². The first-order valence-corrected chi connectivity index (χ1v) is 7.12. The molecule has 1 heterocycles. The van der Waals surface area contributed by atoms with Gasteiger partial charge in [-0.3, -0.25) is 0 Å². The highest BCUT2D eigenvalue weighted by molar-refractivity contribution is 9.10. The van der Waals surface area contributed by atoms with Gasteiger partial charge in [-0.25, -0.2) is 4.98 Å². The second-order valence-corrected chi connectivity index (χ2v) is 5.18. The second kappa shape index (κ2) is 6.52. The Morgan fingerprint density at radius 3 is 2.58 bits per heavy atom. The van der Waals surface area contributed by atoms with E-state index in [1.165, 1.54) is 18.4 Å². The van der Waals surface area contributed by atoms with Crippen LogP contribution in [0.15, 0.2) is 34.9 Å². The summed E-state index contributed by atoms with van der Waals surface area (Å²) in [5.74, 6) is 0.928. The van der Waals surface area contributed by atoms with Crippen molar-refractivity contribution in [2.75, 3.05) is 11.1 Å². The van der Waals surface area contributed by atoms with E-state index < -0.39 is 0 Å². The van der Waals surface area contributed by atoms with Crippen molar-refractivity contribution in [3.05, 3.63) is 40.5 Å². The highest BCUT2D eigenvalue weighted by Gasteiger charge is 2.01. The number of rotatable bonds is 5. The van der Waals surface area contributed by atoms with Gasteiger partial charge in [0.1, 0.15) is 10.4 Å². The van der Waals surface area contributed by atoms with Crippen LogP contribution in [0.25, 0.3) is 0 Å². The summed E-state index contributed by atoms with van der Waals surface area (Å²) in [5, 5.41) is 3.14. The average molecular weight is 321 g/mol. The Hall–Kier alpha value is -1.62. The molecule has 0 saturated carbocycles. The summed E-state index contributed by atoms with van der Waals surface area (Å²) in [6.45, 7) is 2.20. The van der Waals surface area contributed by atoms with Gasteiger partial charge in [0.15, 0.2) is 0 Å². The molecule has 0 aliphatic carbocycles. The first-order chi connectivity index (χ1) is 9.17. The second-order valence-electron chi connectivity index (χ2n) is 4.36. The molecule has 3 N–H and O–H groups in total. The van der Waals surface area contributed by atoms with Gasteiger partial charge in [0, 0.05) is 11.8 Å². The monoisotopic (exact) mass is 320 g/mol. The molecule has 0 spiro atoms. The maximum absolute atomic E-state index is 5.67. The SMILES string of the molecule is CCCCc1ccc(Nc2nc(N)cc(Br)n2)cc1. The van der Waals surface area contributed by atoms with Crippen LogP contribution >= 0.6 is 15.9 Å². The van der Waals surface area contributed by atoms with E-state index in [4.69, 9.17) is 5.73 Å². The Labute approximate surface area is 121 Å². The minimum absolute atomic E-state index is 0.434. The smallest absolute Gasteiger partial charge is 0.230 e. The van der Waals surface area contributed by atoms with Crippen LogP contribution < -0.4 is 11.1 Å². The number of hydrogen-bond acceptors (Lipinski definition) is 4. The van der Waals surface area contributed by atoms with E-state index in [0.717, 1.165) is 12.1 Å². The highest BCUT2D eigenvalue weighted by Crippen LogP contribution is 2.18. The number of nitrogen functional groups attached to an aromatic ring is 1. The number of nitrogens with two attached hydrogens (primary N) is 1. The zero-order valence-corrected chi connectivity index (χ0v) is 12.4. The van der Waals surface area contributed by atoms with Crippen LogP contribution in [-0.4, -0.2) is 9.97 Å². The lowest BCUT2D eigenvalue weighted by atomic mass is 10.1. The van der Waals surface area contributed by atoms with Crippen molar-refractivity contribution in [3.63, 3.8) is 0 Å². The molecular formula is C14H17BrN4. The van der Waals surface area contributed by atoms with Crippen molar-refractivity contribution >= 4 is 33.4 Å². The van der Waals surface area contributed by atoms with E-state index in [1.54, 1.807) is 6.07 Å². The van der Waals surface area contributed by atoms with E-state index in [1.807, 2.05) is 12.1 Å². The van der Waals surface area contributed by atoms with Crippen LogP contribution in [-0.2, 0) is 6.42 Å². The number of unbranched alkanes of at least 4 members (excludes halogenated alkanes) is 1. The van der Waals surface area contributed by atoms with Gasteiger partial charge in [-0.2, -0.15) is 4.98 Å². The van der Waals surface area contributed by atoms with Gasteiger partial charge in [0.25, 0.3) is 0 Å². The fourth-order valence-corrected chi connectivity index (χ4v) is 2.16. The van der Waals surface area contributed by atoms with Gasteiger partial charge in [-0.1, -0.05) is 25.5 Å². The Kier molecular flexibility index (Phi) is 4.74. The van der Waals surface area contributed by atoms with E-state index in [0.29, 0.717) is 16.4 Å². The van der Waals surface area contributed by atoms with Crippen LogP contribution in [0.1, 0.15) is 25.3 Å². The van der Waals surface area contributed by atoms with Crippen molar-refractivity contribution in [1.82, 2.24) is 9.97 Å². The van der Waals surface area contributed by atoms with Crippen molar-refractivity contribution in [3.8, 4) is 0 Å². The van der Waals surface area contributed by atoms with Gasteiger partial charge >= 0.3 is 0 Å². The van der Waals surface area contributed by atoms with Crippen LogP contribution in [0, 0.1) is 0 Å². The molecule has 0 unspecified atom stereocenters. The summed E-state index contributed by atoms with van der Waals surface area (Å²) in [6.07, 6.45) is 3.56. The summed E-state index contributed by atoms with van der Waals surface area (Å²) in [4.78, 5) is 8.34. The third-order valence-corrected chi connectivity index (χ3v) is 3.15. The molecule has 0 aliphatic heterocycles. The molecule has 19 heavy (non-hydrogen) atoms. The first kappa shape index (κ1) is 13.8. The summed E-state index contributed by atoms with van der Waals surface area (Å²) < 4.78 is 0.669. The molecule has 0 bridgehead atoms. The zero-order valence-electron chi connectivity index (χ0n) is 10.9. The summed E-state index contributed by atoms with van der Waals surface area (Å²) >= 11 is 3.30. The summed E-state index contributed by atoms with van der Waals surface area (Å²) in [7, 11) is 0. The Morgan fingerprint density at radius 2 is 1.95 bits per heavy atom. The van der Waals surface area contributed by atoms with E-state index >= 15 is 0 Å². The van der Waals surface area contributed by atoms with E-state index in [2.05, 4.69) is 50.3 Å². The molecule has 0 amide bonds. The Balaban J connectivity index is 2.06. The maximum atomic E-state index is 5.67. The number of aryl methyl sites for hydroxylation is 1. The Bertz CT molecular complexity index is 519. The minimum Gasteiger partial charge on any atom is -0.383 e. The largest absolute Gasteiger partial charge is 0.383 e. The topological polar surface area (TPSA) is 63.8 Å². The molecule has 4 nitrogen and oxygen atoms in total. The molecule has 1 aromatic carbocycles. The molecule has 2 rings (SSSR count). The number of nitrogens with one attached hydrogen (secondary N) is 1. The van der Waals surface area contributed by atoms with Crippen molar-refractivity contribution in [1.29, 1.82) is 0 Å². The molecule has 0 radical (unpaired) electrons. The number of aromatic nitrogens is 2. The quantitative estimate of drug-likeness (QED) is 0.820. The third kappa shape index (κ3) is 4.21. The highest BCUT2D eigenvalue weighted by atomic mass is 79.9. The molecule has 2 aromatic rings. The minimum atomic E-state index is 0.434. The molecule has 5 heteroatoms. The summed E-state index contributed by atoms with van der Waals surface area (Å²) in [6, 6.07) is 9.98. The van der Waals surface area contributed by atoms with Crippen LogP contribution in [0.2, 0.25) is 0 Å². The standard InChI is InChI=1S/C14H17BrN4/c1-2-3-4-10-5-7-11(8-6-10)17-14-18-12(15)9-13(16)19-14/h5-9H,2-4H2,1H3,(H3,16,17,18,19). The van der Waals surface area contributed by atoms with Gasteiger partial charge in [0.05, 0.1) is 0 Å². The zero-order chi connectivity index (χ0) is 13.7. The number of hydrogen-bond donors (Lipinski definition) is 2. The fourth-order valence-electron chi connectivity index (χ4n) is 1.76. The van der Waals surface area contributed by atoms with Crippen molar-refractivity contribution < 1.29 is 0 Å². The van der Waals surface area contributed by atoms with Gasteiger partial charge < -0.3 is 11.1 Å². The molecule has 0 atom stereocenters. The molecule has 100 valence electrons. The van der Waals surface area contributed by atoms with E-state index in [9.17, 15) is 0 Å². The Morgan fingerprint density at radius 1 is 1.21 bits per heavy atom. The molecule has 0 saturated heterocycles. The number of halogens is 1. The van der Waals surface area contributed by atoms with Crippen LogP contribution in [0.4, 0.5) is 17.5 Å². The average Bonchev–Trinajstić information content (AvgIpc) is 2.37. The predicted octanol–water partition coefficient (Wildman–Crippen LogP) is 3.91. The lowest BCUT2D eigenvalue weighted by Gasteiger charge is -2.07. The van der Waals surface area contributed by atoms with Crippen LogP contribution in [0.3, 0.4) is 0 Å². The first-order valence-electron chi connectivity index (χ1n) is 6.33. The fraction of sp³-hybridized carbons (Fsp3) is 0.286. The van der Waals surface area contributed by atoms with Crippen LogP contribution in [0.5, 0.6) is 0 Å². The summed E-state index contributed by atoms with van der Waals surface area (Å²) in [5.41, 5.74) is 7.98. The van der Waals surface area contributed by atoms with Gasteiger partial charge in [-0.05, 0) is 46.5 Å².